The number of benzene rings is 2. The van der Waals surface area contributed by atoms with Crippen molar-refractivity contribution in [2.75, 3.05) is 0 Å². The number of fused-ring (bicyclic) bond motifs is 1. The van der Waals surface area contributed by atoms with Crippen molar-refractivity contribution >= 4 is 6.03 Å². The maximum absolute atomic E-state index is 9.00. The van der Waals surface area contributed by atoms with Crippen LogP contribution in [0.5, 0.6) is 5.75 Å². The van der Waals surface area contributed by atoms with Crippen molar-refractivity contribution in [2.24, 2.45) is 11.5 Å². The third-order valence-electron chi connectivity index (χ3n) is 3.09. The number of primary amides is 2. The average Bonchev–Trinajstić information content (AvgIpc) is 2.47. The lowest BCUT2D eigenvalue weighted by atomic mass is 9.98. The largest absolute Gasteiger partial charge is 0.485 e. The van der Waals surface area contributed by atoms with Gasteiger partial charge < -0.3 is 16.2 Å². The van der Waals surface area contributed by atoms with Crippen molar-refractivity contribution in [1.29, 1.82) is 0 Å². The zero-order valence-electron chi connectivity index (χ0n) is 11.2. The molecular formula is C16H18N2O2. The molecule has 0 aliphatic carbocycles. The summed E-state index contributed by atoms with van der Waals surface area (Å²) in [4.78, 5) is 9.00. The Labute approximate surface area is 118 Å². The van der Waals surface area contributed by atoms with Crippen LogP contribution < -0.4 is 16.2 Å². The lowest BCUT2D eigenvalue weighted by molar-refractivity contribution is 0.176. The first-order chi connectivity index (χ1) is 9.66. The number of urea groups is 1. The molecule has 20 heavy (non-hydrogen) atoms. The summed E-state index contributed by atoms with van der Waals surface area (Å²) in [5.41, 5.74) is 11.1. The molecule has 2 aromatic rings. The minimum absolute atomic E-state index is 0.219. The van der Waals surface area contributed by atoms with Crippen molar-refractivity contribution in [3.63, 3.8) is 0 Å². The fourth-order valence-corrected chi connectivity index (χ4v) is 2.23. The minimum Gasteiger partial charge on any atom is -0.485 e. The molecule has 104 valence electrons. The van der Waals surface area contributed by atoms with Gasteiger partial charge in [0.15, 0.2) is 0 Å². The van der Waals surface area contributed by atoms with E-state index in [1.807, 2.05) is 12.1 Å². The van der Waals surface area contributed by atoms with Gasteiger partial charge in [-0.25, -0.2) is 4.79 Å². The van der Waals surface area contributed by atoms with E-state index in [0.29, 0.717) is 0 Å². The highest BCUT2D eigenvalue weighted by atomic mass is 16.5. The lowest BCUT2D eigenvalue weighted by Crippen LogP contribution is -2.18. The van der Waals surface area contributed by atoms with E-state index in [0.717, 1.165) is 18.6 Å². The van der Waals surface area contributed by atoms with Gasteiger partial charge in [0, 0.05) is 0 Å². The number of hydrogen-bond donors (Lipinski definition) is 2. The summed E-state index contributed by atoms with van der Waals surface area (Å²) < 4.78 is 6.02. The fraction of sp³-hybridized carbons (Fsp3) is 0.188. The molecule has 3 rings (SSSR count). The number of carbonyl (C=O) groups is 1. The Morgan fingerprint density at radius 2 is 1.60 bits per heavy atom. The Bertz CT molecular complexity index is 566. The highest BCUT2D eigenvalue weighted by Gasteiger charge is 2.20. The third-order valence-corrected chi connectivity index (χ3v) is 3.09. The maximum Gasteiger partial charge on any atom is 0.309 e. The van der Waals surface area contributed by atoms with Gasteiger partial charge in [-0.15, -0.1) is 0 Å². The molecule has 1 heterocycles. The minimum atomic E-state index is -0.833. The topological polar surface area (TPSA) is 78.3 Å². The van der Waals surface area contributed by atoms with Gasteiger partial charge in [0.1, 0.15) is 11.9 Å². The number of carbonyl (C=O) groups excluding carboxylic acids is 1. The van der Waals surface area contributed by atoms with Crippen LogP contribution in [-0.4, -0.2) is 6.03 Å². The standard InChI is InChI=1S/C15H14O.CH4N2O/c1-2-6-12(7-3-1)15-11-10-13-8-4-5-9-14(13)16-15;2-1(3)4/h1-9,15H,10-11H2;(H4,2,3,4). The predicted molar refractivity (Wildman–Crippen MR) is 78.3 cm³/mol. The molecule has 0 aromatic heterocycles. The van der Waals surface area contributed by atoms with Crippen LogP contribution in [-0.2, 0) is 6.42 Å². The van der Waals surface area contributed by atoms with E-state index in [2.05, 4.69) is 53.9 Å². The van der Waals surface area contributed by atoms with Crippen molar-refractivity contribution < 1.29 is 9.53 Å². The number of aryl methyl sites for hydroxylation is 1. The monoisotopic (exact) mass is 270 g/mol. The maximum atomic E-state index is 9.00. The quantitative estimate of drug-likeness (QED) is 0.835. The molecule has 0 spiro atoms. The van der Waals surface area contributed by atoms with Crippen molar-refractivity contribution in [2.45, 2.75) is 18.9 Å². The van der Waals surface area contributed by atoms with E-state index in [-0.39, 0.29) is 6.10 Å². The van der Waals surface area contributed by atoms with Gasteiger partial charge in [-0.05, 0) is 30.0 Å². The average molecular weight is 270 g/mol. The summed E-state index contributed by atoms with van der Waals surface area (Å²) in [5.74, 6) is 1.04. The number of nitrogens with two attached hydrogens (primary N) is 2. The molecule has 1 atom stereocenters. The molecule has 1 aliphatic heterocycles. The van der Waals surface area contributed by atoms with E-state index in [1.165, 1.54) is 11.1 Å². The van der Waals surface area contributed by atoms with E-state index in [1.54, 1.807) is 0 Å². The van der Waals surface area contributed by atoms with E-state index in [9.17, 15) is 0 Å². The molecule has 4 nitrogen and oxygen atoms in total. The third kappa shape index (κ3) is 3.75. The Hall–Kier alpha value is -2.49. The van der Waals surface area contributed by atoms with Gasteiger partial charge in [-0.2, -0.15) is 0 Å². The van der Waals surface area contributed by atoms with Gasteiger partial charge in [0.05, 0.1) is 0 Å². The Morgan fingerprint density at radius 1 is 1.00 bits per heavy atom. The van der Waals surface area contributed by atoms with Gasteiger partial charge in [0.2, 0.25) is 0 Å². The Balaban J connectivity index is 0.000000328. The van der Waals surface area contributed by atoms with Gasteiger partial charge in [-0.3, -0.25) is 0 Å². The molecule has 4 N–H and O–H groups in total. The normalized spacial score (nSPS) is 16.1. The van der Waals surface area contributed by atoms with E-state index in [4.69, 9.17) is 9.53 Å². The fourth-order valence-electron chi connectivity index (χ4n) is 2.23. The van der Waals surface area contributed by atoms with Gasteiger partial charge >= 0.3 is 6.03 Å². The van der Waals surface area contributed by atoms with Crippen LogP contribution in [0, 0.1) is 0 Å². The first-order valence-electron chi connectivity index (χ1n) is 6.51. The summed E-state index contributed by atoms with van der Waals surface area (Å²) in [7, 11) is 0. The summed E-state index contributed by atoms with van der Waals surface area (Å²) in [5, 5.41) is 0. The molecule has 0 bridgehead atoms. The summed E-state index contributed by atoms with van der Waals surface area (Å²) in [6.07, 6.45) is 2.40. The summed E-state index contributed by atoms with van der Waals surface area (Å²) in [6.45, 7) is 0. The molecule has 1 unspecified atom stereocenters. The second-order valence-electron chi connectivity index (χ2n) is 4.57. The van der Waals surface area contributed by atoms with Crippen LogP contribution in [0.2, 0.25) is 0 Å². The molecule has 0 radical (unpaired) electrons. The van der Waals surface area contributed by atoms with Crippen molar-refractivity contribution in [3.05, 3.63) is 65.7 Å². The predicted octanol–water partition coefficient (Wildman–Crippen LogP) is 2.78. The van der Waals surface area contributed by atoms with Crippen LogP contribution >= 0.6 is 0 Å². The molecule has 0 fully saturated rings. The molecule has 2 aromatic carbocycles. The second kappa shape index (κ2) is 6.61. The molecule has 2 amide bonds. The van der Waals surface area contributed by atoms with Crippen LogP contribution in [0.25, 0.3) is 0 Å². The van der Waals surface area contributed by atoms with Crippen LogP contribution in [0.3, 0.4) is 0 Å². The first-order valence-corrected chi connectivity index (χ1v) is 6.51. The smallest absolute Gasteiger partial charge is 0.309 e. The number of amides is 2. The van der Waals surface area contributed by atoms with Crippen LogP contribution in [0.1, 0.15) is 23.7 Å². The Morgan fingerprint density at radius 3 is 2.30 bits per heavy atom. The summed E-state index contributed by atoms with van der Waals surface area (Å²) in [6, 6.07) is 17.9. The first kappa shape index (κ1) is 13.9. The second-order valence-corrected chi connectivity index (χ2v) is 4.57. The van der Waals surface area contributed by atoms with Gasteiger partial charge in [-0.1, -0.05) is 48.5 Å². The number of hydrogen-bond acceptors (Lipinski definition) is 2. The van der Waals surface area contributed by atoms with E-state index >= 15 is 0 Å². The van der Waals surface area contributed by atoms with Crippen LogP contribution in [0.15, 0.2) is 54.6 Å². The SMILES string of the molecule is NC(N)=O.c1ccc(C2CCc3ccccc3O2)cc1. The number of rotatable bonds is 1. The highest BCUT2D eigenvalue weighted by Crippen LogP contribution is 2.34. The van der Waals surface area contributed by atoms with Crippen molar-refractivity contribution in [3.8, 4) is 5.75 Å². The van der Waals surface area contributed by atoms with E-state index < -0.39 is 6.03 Å². The molecule has 0 saturated carbocycles. The highest BCUT2D eigenvalue weighted by molar-refractivity contribution is 5.69. The molecule has 4 heteroatoms. The Kier molecular flexibility index (Phi) is 4.60. The van der Waals surface area contributed by atoms with Crippen LogP contribution in [0.4, 0.5) is 4.79 Å². The zero-order valence-corrected chi connectivity index (χ0v) is 11.2. The zero-order chi connectivity index (χ0) is 14.4. The number of ether oxygens (including phenoxy) is 1. The lowest BCUT2D eigenvalue weighted by Gasteiger charge is -2.26. The molecular weight excluding hydrogens is 252 g/mol. The van der Waals surface area contributed by atoms with Gasteiger partial charge in [0.25, 0.3) is 0 Å². The summed E-state index contributed by atoms with van der Waals surface area (Å²) >= 11 is 0. The molecule has 0 saturated heterocycles. The molecule has 1 aliphatic rings. The number of para-hydroxylation sites is 1. The van der Waals surface area contributed by atoms with Crippen molar-refractivity contribution in [1.82, 2.24) is 0 Å².